The zero-order valence-electron chi connectivity index (χ0n) is 12.0. The highest BCUT2D eigenvalue weighted by atomic mass is 32.1. The van der Waals surface area contributed by atoms with E-state index in [0.717, 1.165) is 44.5 Å². The van der Waals surface area contributed by atoms with Crippen LogP contribution in [0.5, 0.6) is 0 Å². The molecule has 2 N–H and O–H groups in total. The SMILES string of the molecule is O[C@H]1CNC[C@@H]1N1CCC(c2nc3ccccc3s2)CC1. The van der Waals surface area contributed by atoms with E-state index in [2.05, 4.69) is 34.5 Å². The second-order valence-electron chi connectivity index (χ2n) is 6.12. The molecule has 2 fully saturated rings. The maximum absolute atomic E-state index is 10.0. The average molecular weight is 303 g/mol. The minimum Gasteiger partial charge on any atom is -0.390 e. The first kappa shape index (κ1) is 13.6. The first-order valence-corrected chi connectivity index (χ1v) is 8.61. The Bertz CT molecular complexity index is 588. The van der Waals surface area contributed by atoms with Gasteiger partial charge in [0.15, 0.2) is 0 Å². The summed E-state index contributed by atoms with van der Waals surface area (Å²) in [5, 5.41) is 14.6. The lowest BCUT2D eigenvalue weighted by Crippen LogP contribution is -2.46. The van der Waals surface area contributed by atoms with Crippen molar-refractivity contribution in [1.82, 2.24) is 15.2 Å². The van der Waals surface area contributed by atoms with Crippen LogP contribution in [0.3, 0.4) is 0 Å². The zero-order chi connectivity index (χ0) is 14.2. The third-order valence-electron chi connectivity index (χ3n) is 4.81. The third-order valence-corrected chi connectivity index (χ3v) is 6.01. The molecule has 0 saturated carbocycles. The number of β-amino-alcohol motifs (C(OH)–C–C–N with tert-alkyl or cyclic N) is 1. The molecule has 3 heterocycles. The van der Waals surface area contributed by atoms with Gasteiger partial charge in [-0.25, -0.2) is 4.98 Å². The lowest BCUT2D eigenvalue weighted by atomic mass is 9.96. The lowest BCUT2D eigenvalue weighted by Gasteiger charge is -2.36. The lowest BCUT2D eigenvalue weighted by molar-refractivity contribution is 0.0664. The Labute approximate surface area is 128 Å². The van der Waals surface area contributed by atoms with Gasteiger partial charge in [0.05, 0.1) is 21.3 Å². The summed E-state index contributed by atoms with van der Waals surface area (Å²) in [5.74, 6) is 0.588. The maximum Gasteiger partial charge on any atom is 0.0970 e. The molecule has 2 atom stereocenters. The van der Waals surface area contributed by atoms with E-state index in [0.29, 0.717) is 12.0 Å². The number of benzene rings is 1. The van der Waals surface area contributed by atoms with Gasteiger partial charge in [-0.15, -0.1) is 11.3 Å². The van der Waals surface area contributed by atoms with Crippen molar-refractivity contribution in [2.24, 2.45) is 0 Å². The van der Waals surface area contributed by atoms with Crippen LogP contribution in [0.4, 0.5) is 0 Å². The van der Waals surface area contributed by atoms with Crippen LogP contribution >= 0.6 is 11.3 Å². The van der Waals surface area contributed by atoms with Gasteiger partial charge in [0.1, 0.15) is 0 Å². The molecule has 4 rings (SSSR count). The molecule has 2 aromatic rings. The average Bonchev–Trinajstić information content (AvgIpc) is 3.13. The molecule has 0 unspecified atom stereocenters. The number of aliphatic hydroxyl groups excluding tert-OH is 1. The molecule has 0 aliphatic carbocycles. The Morgan fingerprint density at radius 3 is 2.71 bits per heavy atom. The third kappa shape index (κ3) is 2.59. The number of para-hydroxylation sites is 1. The largest absolute Gasteiger partial charge is 0.390 e. The van der Waals surface area contributed by atoms with E-state index in [9.17, 15) is 5.11 Å². The van der Waals surface area contributed by atoms with Crippen molar-refractivity contribution < 1.29 is 5.11 Å². The molecule has 2 aliphatic rings. The van der Waals surface area contributed by atoms with Gasteiger partial charge >= 0.3 is 0 Å². The van der Waals surface area contributed by atoms with E-state index in [1.165, 1.54) is 9.71 Å². The Hall–Kier alpha value is -1.01. The minimum absolute atomic E-state index is 0.205. The molecule has 21 heavy (non-hydrogen) atoms. The van der Waals surface area contributed by atoms with Crippen LogP contribution in [-0.4, -0.2) is 53.3 Å². The Morgan fingerprint density at radius 1 is 1.19 bits per heavy atom. The highest BCUT2D eigenvalue weighted by molar-refractivity contribution is 7.18. The van der Waals surface area contributed by atoms with Crippen LogP contribution in [0, 0.1) is 0 Å². The topological polar surface area (TPSA) is 48.4 Å². The number of aliphatic hydroxyl groups is 1. The second kappa shape index (κ2) is 5.65. The predicted octanol–water partition coefficient (Wildman–Crippen LogP) is 1.81. The number of likely N-dealkylation sites (tertiary alicyclic amines) is 1. The second-order valence-corrected chi connectivity index (χ2v) is 7.19. The number of fused-ring (bicyclic) bond motifs is 1. The summed E-state index contributed by atoms with van der Waals surface area (Å²) in [5.41, 5.74) is 1.13. The number of hydrogen-bond donors (Lipinski definition) is 2. The van der Waals surface area contributed by atoms with Crippen LogP contribution in [0.1, 0.15) is 23.8 Å². The monoisotopic (exact) mass is 303 g/mol. The summed E-state index contributed by atoms with van der Waals surface area (Å²) in [4.78, 5) is 7.27. The number of aromatic nitrogens is 1. The van der Waals surface area contributed by atoms with Gasteiger partial charge in [0.25, 0.3) is 0 Å². The van der Waals surface area contributed by atoms with Crippen molar-refractivity contribution in [1.29, 1.82) is 0 Å². The number of nitrogens with one attached hydrogen (secondary N) is 1. The molecule has 4 nitrogen and oxygen atoms in total. The van der Waals surface area contributed by atoms with E-state index in [1.54, 1.807) is 0 Å². The van der Waals surface area contributed by atoms with Crippen LogP contribution in [0.25, 0.3) is 10.2 Å². The van der Waals surface area contributed by atoms with Crippen LogP contribution in [-0.2, 0) is 0 Å². The number of thiazole rings is 1. The zero-order valence-corrected chi connectivity index (χ0v) is 12.9. The van der Waals surface area contributed by atoms with Crippen molar-refractivity contribution in [2.45, 2.75) is 30.9 Å². The molecule has 0 radical (unpaired) electrons. The highest BCUT2D eigenvalue weighted by Gasteiger charge is 2.33. The molecular formula is C16H21N3OS. The Balaban J connectivity index is 1.45. The number of hydrogen-bond acceptors (Lipinski definition) is 5. The smallest absolute Gasteiger partial charge is 0.0970 e. The van der Waals surface area contributed by atoms with Crippen LogP contribution in [0.2, 0.25) is 0 Å². The molecule has 0 amide bonds. The van der Waals surface area contributed by atoms with Gasteiger partial charge in [-0.05, 0) is 38.1 Å². The number of piperidine rings is 1. The van der Waals surface area contributed by atoms with E-state index in [-0.39, 0.29) is 6.10 Å². The minimum atomic E-state index is -0.205. The fourth-order valence-electron chi connectivity index (χ4n) is 3.57. The molecule has 112 valence electrons. The van der Waals surface area contributed by atoms with Gasteiger partial charge in [-0.2, -0.15) is 0 Å². The van der Waals surface area contributed by atoms with Crippen molar-refractivity contribution in [3.8, 4) is 0 Å². The molecule has 0 spiro atoms. The molecule has 5 heteroatoms. The molecule has 1 aromatic heterocycles. The molecular weight excluding hydrogens is 282 g/mol. The standard InChI is InChI=1S/C16H21N3OS/c20-14-10-17-9-13(14)19-7-5-11(6-8-19)16-18-12-3-1-2-4-15(12)21-16/h1-4,11,13-14,17,20H,5-10H2/t13-,14-/m0/s1. The summed E-state index contributed by atoms with van der Waals surface area (Å²) in [6.07, 6.45) is 2.11. The van der Waals surface area contributed by atoms with E-state index in [4.69, 9.17) is 4.98 Å². The van der Waals surface area contributed by atoms with E-state index >= 15 is 0 Å². The van der Waals surface area contributed by atoms with Gasteiger partial charge in [0.2, 0.25) is 0 Å². The summed E-state index contributed by atoms with van der Waals surface area (Å²) >= 11 is 1.85. The maximum atomic E-state index is 10.0. The van der Waals surface area contributed by atoms with Crippen molar-refractivity contribution in [3.63, 3.8) is 0 Å². The first-order valence-electron chi connectivity index (χ1n) is 7.79. The van der Waals surface area contributed by atoms with Gasteiger partial charge < -0.3 is 10.4 Å². The van der Waals surface area contributed by atoms with Crippen molar-refractivity contribution >= 4 is 21.6 Å². The predicted molar refractivity (Wildman–Crippen MR) is 85.8 cm³/mol. The fraction of sp³-hybridized carbons (Fsp3) is 0.562. The molecule has 1 aromatic carbocycles. The number of nitrogens with zero attached hydrogens (tertiary/aromatic N) is 2. The fourth-order valence-corrected chi connectivity index (χ4v) is 4.70. The summed E-state index contributed by atoms with van der Waals surface area (Å²) < 4.78 is 1.30. The van der Waals surface area contributed by atoms with Gasteiger partial charge in [0, 0.05) is 25.0 Å². The highest BCUT2D eigenvalue weighted by Crippen LogP contribution is 2.34. The Kier molecular flexibility index (Phi) is 3.67. The molecule has 2 aliphatic heterocycles. The van der Waals surface area contributed by atoms with Crippen LogP contribution < -0.4 is 5.32 Å². The number of rotatable bonds is 2. The van der Waals surface area contributed by atoms with Gasteiger partial charge in [-0.1, -0.05) is 12.1 Å². The summed E-state index contributed by atoms with van der Waals surface area (Å²) in [7, 11) is 0. The first-order chi connectivity index (χ1) is 10.3. The molecule has 0 bridgehead atoms. The summed E-state index contributed by atoms with van der Waals surface area (Å²) in [6.45, 7) is 3.81. The Morgan fingerprint density at radius 2 is 2.00 bits per heavy atom. The van der Waals surface area contributed by atoms with Crippen LogP contribution in [0.15, 0.2) is 24.3 Å². The van der Waals surface area contributed by atoms with Crippen molar-refractivity contribution in [3.05, 3.63) is 29.3 Å². The van der Waals surface area contributed by atoms with Crippen molar-refractivity contribution in [2.75, 3.05) is 26.2 Å². The quantitative estimate of drug-likeness (QED) is 0.888. The van der Waals surface area contributed by atoms with E-state index in [1.807, 2.05) is 11.3 Å². The normalized spacial score (nSPS) is 28.4. The van der Waals surface area contributed by atoms with Gasteiger partial charge in [-0.3, -0.25) is 4.90 Å². The summed E-state index contributed by atoms with van der Waals surface area (Å²) in [6, 6.07) is 8.71. The molecule has 2 saturated heterocycles. The van der Waals surface area contributed by atoms with E-state index < -0.39 is 0 Å².